The van der Waals surface area contributed by atoms with Gasteiger partial charge in [0.1, 0.15) is 0 Å². The van der Waals surface area contributed by atoms with E-state index >= 15 is 0 Å². The SMILES string of the molecule is C.CCCCCCCCC(=O)C1=CCCC=C1. The summed E-state index contributed by atoms with van der Waals surface area (Å²) in [5.41, 5.74) is 0.944. The molecule has 0 amide bonds. The fourth-order valence-corrected chi connectivity index (χ4v) is 2.03. The third-order valence-electron chi connectivity index (χ3n) is 3.07. The van der Waals surface area contributed by atoms with E-state index in [0.717, 1.165) is 31.3 Å². The summed E-state index contributed by atoms with van der Waals surface area (Å²) in [6.07, 6.45) is 16.6. The van der Waals surface area contributed by atoms with Gasteiger partial charge in [-0.2, -0.15) is 0 Å². The Bertz CT molecular complexity index is 261. The van der Waals surface area contributed by atoms with Crippen LogP contribution in [0.4, 0.5) is 0 Å². The van der Waals surface area contributed by atoms with Gasteiger partial charge in [-0.25, -0.2) is 0 Å². The molecule has 0 N–H and O–H groups in total. The topological polar surface area (TPSA) is 17.1 Å². The molecule has 1 nitrogen and oxygen atoms in total. The van der Waals surface area contributed by atoms with Crippen LogP contribution < -0.4 is 0 Å². The number of hydrogen-bond acceptors (Lipinski definition) is 1. The summed E-state index contributed by atoms with van der Waals surface area (Å²) in [5.74, 6) is 0.339. The van der Waals surface area contributed by atoms with E-state index in [9.17, 15) is 4.79 Å². The molecule has 0 fully saturated rings. The van der Waals surface area contributed by atoms with Gasteiger partial charge in [-0.15, -0.1) is 0 Å². The second kappa shape index (κ2) is 10.3. The first-order chi connectivity index (χ1) is 7.84. The molecule has 0 aromatic heterocycles. The number of allylic oxidation sites excluding steroid dienone is 4. The van der Waals surface area contributed by atoms with Gasteiger partial charge in [-0.05, 0) is 19.3 Å². The highest BCUT2D eigenvalue weighted by molar-refractivity contribution is 5.98. The number of ketones is 1. The Morgan fingerprint density at radius 1 is 1.12 bits per heavy atom. The van der Waals surface area contributed by atoms with E-state index in [1.54, 1.807) is 0 Å². The third kappa shape index (κ3) is 7.14. The molecule has 0 saturated carbocycles. The number of hydrogen-bond donors (Lipinski definition) is 0. The molecule has 1 rings (SSSR count). The van der Waals surface area contributed by atoms with Crippen LogP contribution in [0.2, 0.25) is 0 Å². The summed E-state index contributed by atoms with van der Waals surface area (Å²) in [6, 6.07) is 0. The molecule has 0 spiro atoms. The van der Waals surface area contributed by atoms with Crippen LogP contribution >= 0.6 is 0 Å². The van der Waals surface area contributed by atoms with E-state index in [-0.39, 0.29) is 7.43 Å². The van der Waals surface area contributed by atoms with Gasteiger partial charge in [0.25, 0.3) is 0 Å². The van der Waals surface area contributed by atoms with Crippen molar-refractivity contribution < 1.29 is 4.79 Å². The molecule has 0 radical (unpaired) electrons. The normalized spacial score (nSPS) is 14.1. The van der Waals surface area contributed by atoms with Crippen molar-refractivity contribution in [1.82, 2.24) is 0 Å². The maximum Gasteiger partial charge on any atom is 0.162 e. The molecule has 1 heteroatoms. The second-order valence-electron chi connectivity index (χ2n) is 4.58. The van der Waals surface area contributed by atoms with Crippen LogP contribution in [0.3, 0.4) is 0 Å². The molecular weight excluding hydrogens is 208 g/mol. The van der Waals surface area contributed by atoms with Crippen molar-refractivity contribution in [3.05, 3.63) is 23.8 Å². The molecule has 17 heavy (non-hydrogen) atoms. The zero-order chi connectivity index (χ0) is 11.6. The van der Waals surface area contributed by atoms with Crippen LogP contribution in [-0.2, 0) is 4.79 Å². The zero-order valence-corrected chi connectivity index (χ0v) is 10.5. The van der Waals surface area contributed by atoms with Crippen molar-refractivity contribution in [3.8, 4) is 0 Å². The van der Waals surface area contributed by atoms with Crippen LogP contribution in [-0.4, -0.2) is 5.78 Å². The summed E-state index contributed by atoms with van der Waals surface area (Å²) in [4.78, 5) is 11.8. The maximum absolute atomic E-state index is 11.8. The van der Waals surface area contributed by atoms with Gasteiger partial charge in [-0.1, -0.05) is 64.7 Å². The highest BCUT2D eigenvalue weighted by atomic mass is 16.1. The van der Waals surface area contributed by atoms with E-state index < -0.39 is 0 Å². The molecule has 0 atom stereocenters. The lowest BCUT2D eigenvalue weighted by atomic mass is 9.99. The quantitative estimate of drug-likeness (QED) is 0.528. The van der Waals surface area contributed by atoms with Gasteiger partial charge in [-0.3, -0.25) is 4.79 Å². The Kier molecular flexibility index (Phi) is 9.80. The van der Waals surface area contributed by atoms with Crippen molar-refractivity contribution in [3.63, 3.8) is 0 Å². The van der Waals surface area contributed by atoms with Crippen molar-refractivity contribution in [2.75, 3.05) is 0 Å². The average molecular weight is 236 g/mol. The van der Waals surface area contributed by atoms with Crippen LogP contribution in [0.5, 0.6) is 0 Å². The average Bonchev–Trinajstić information content (AvgIpc) is 2.34. The molecule has 0 bridgehead atoms. The minimum atomic E-state index is 0. The van der Waals surface area contributed by atoms with Crippen LogP contribution in [0, 0.1) is 0 Å². The van der Waals surface area contributed by atoms with E-state index in [1.807, 2.05) is 6.08 Å². The van der Waals surface area contributed by atoms with E-state index in [0.29, 0.717) is 5.78 Å². The van der Waals surface area contributed by atoms with Crippen LogP contribution in [0.1, 0.15) is 72.1 Å². The summed E-state index contributed by atoms with van der Waals surface area (Å²) >= 11 is 0. The Morgan fingerprint density at radius 3 is 2.47 bits per heavy atom. The third-order valence-corrected chi connectivity index (χ3v) is 3.07. The molecule has 1 aliphatic rings. The van der Waals surface area contributed by atoms with Gasteiger partial charge in [0, 0.05) is 12.0 Å². The zero-order valence-electron chi connectivity index (χ0n) is 10.5. The number of carbonyl (C=O) groups is 1. The number of unbranched alkanes of at least 4 members (excludes halogenated alkanes) is 5. The van der Waals surface area contributed by atoms with Crippen LogP contribution in [0.15, 0.2) is 23.8 Å². The molecule has 0 aliphatic heterocycles. The molecule has 0 aromatic rings. The predicted octanol–water partition coefficient (Wildman–Crippen LogP) is 5.22. The van der Waals surface area contributed by atoms with Gasteiger partial charge in [0.2, 0.25) is 0 Å². The van der Waals surface area contributed by atoms with E-state index in [2.05, 4.69) is 19.1 Å². The van der Waals surface area contributed by atoms with Crippen molar-refractivity contribution in [1.29, 1.82) is 0 Å². The van der Waals surface area contributed by atoms with Crippen molar-refractivity contribution in [2.45, 2.75) is 72.1 Å². The lowest BCUT2D eigenvalue weighted by Crippen LogP contribution is -2.02. The van der Waals surface area contributed by atoms with Gasteiger partial charge in [0.05, 0.1) is 0 Å². The van der Waals surface area contributed by atoms with Gasteiger partial charge >= 0.3 is 0 Å². The fourth-order valence-electron chi connectivity index (χ4n) is 2.03. The highest BCUT2D eigenvalue weighted by Crippen LogP contribution is 2.14. The standard InChI is InChI=1S/C15H24O.CH4/c1-2-3-4-5-6-10-13-15(16)14-11-8-7-9-12-14;/h8,11-12H,2-7,9-10,13H2,1H3;1H4. The number of carbonyl (C=O) groups excluding carboxylic acids is 1. The maximum atomic E-state index is 11.8. The molecule has 0 aromatic carbocycles. The lowest BCUT2D eigenvalue weighted by molar-refractivity contribution is -0.115. The molecule has 98 valence electrons. The largest absolute Gasteiger partial charge is 0.294 e. The van der Waals surface area contributed by atoms with Crippen molar-refractivity contribution in [2.24, 2.45) is 0 Å². The Morgan fingerprint density at radius 2 is 1.82 bits per heavy atom. The fraction of sp³-hybridized carbons (Fsp3) is 0.688. The number of rotatable bonds is 8. The van der Waals surface area contributed by atoms with E-state index in [4.69, 9.17) is 0 Å². The Hall–Kier alpha value is -0.850. The molecule has 0 saturated heterocycles. The summed E-state index contributed by atoms with van der Waals surface area (Å²) in [7, 11) is 0. The Labute approximate surface area is 107 Å². The minimum absolute atomic E-state index is 0. The van der Waals surface area contributed by atoms with Crippen molar-refractivity contribution >= 4 is 5.78 Å². The van der Waals surface area contributed by atoms with Gasteiger partial charge in [0.15, 0.2) is 5.78 Å². The summed E-state index contributed by atoms with van der Waals surface area (Å²) in [6.45, 7) is 2.23. The number of Topliss-reactive ketones (excluding diaryl/α,β-unsaturated/α-hetero) is 1. The first kappa shape index (κ1) is 16.1. The monoisotopic (exact) mass is 236 g/mol. The highest BCUT2D eigenvalue weighted by Gasteiger charge is 2.07. The smallest absolute Gasteiger partial charge is 0.162 e. The minimum Gasteiger partial charge on any atom is -0.294 e. The van der Waals surface area contributed by atoms with E-state index in [1.165, 1.54) is 32.1 Å². The van der Waals surface area contributed by atoms with Crippen LogP contribution in [0.25, 0.3) is 0 Å². The molecule has 0 heterocycles. The molecule has 0 unspecified atom stereocenters. The first-order valence-corrected chi connectivity index (χ1v) is 6.74. The first-order valence-electron chi connectivity index (χ1n) is 6.74. The summed E-state index contributed by atoms with van der Waals surface area (Å²) < 4.78 is 0. The molecule has 1 aliphatic carbocycles. The predicted molar refractivity (Wildman–Crippen MR) is 76.2 cm³/mol. The lowest BCUT2D eigenvalue weighted by Gasteiger charge is -2.05. The van der Waals surface area contributed by atoms with Gasteiger partial charge < -0.3 is 0 Å². The second-order valence-corrected chi connectivity index (χ2v) is 4.58. The molecular formula is C16H28O. The Balaban J connectivity index is 0.00000256. The summed E-state index contributed by atoms with van der Waals surface area (Å²) in [5, 5.41) is 0.